The van der Waals surface area contributed by atoms with Crippen LogP contribution in [0.5, 0.6) is 0 Å². The van der Waals surface area contributed by atoms with Crippen molar-refractivity contribution in [2.45, 2.75) is 45.8 Å². The van der Waals surface area contributed by atoms with Gasteiger partial charge < -0.3 is 20.6 Å². The van der Waals surface area contributed by atoms with E-state index in [1.54, 1.807) is 17.0 Å². The van der Waals surface area contributed by atoms with E-state index in [0.717, 1.165) is 31.7 Å². The summed E-state index contributed by atoms with van der Waals surface area (Å²) >= 11 is 6.02. The molecule has 1 aromatic carbocycles. The highest BCUT2D eigenvalue weighted by atomic mass is 35.5. The number of nitrogens with one attached hydrogen (secondary N) is 2. The second-order valence-electron chi connectivity index (χ2n) is 10.1. The van der Waals surface area contributed by atoms with Crippen LogP contribution in [0.3, 0.4) is 0 Å². The summed E-state index contributed by atoms with van der Waals surface area (Å²) in [6.07, 6.45) is 0.424. The van der Waals surface area contributed by atoms with Crippen LogP contribution in [0.1, 0.15) is 39.7 Å². The Bertz CT molecular complexity index is 808. The van der Waals surface area contributed by atoms with E-state index >= 15 is 0 Å². The maximum absolute atomic E-state index is 13.4. The van der Waals surface area contributed by atoms with Crippen LogP contribution in [-0.4, -0.2) is 78.6 Å². The number of rotatable bonds is 6. The molecule has 3 rings (SSSR count). The number of amides is 2. The first-order chi connectivity index (χ1) is 15.0. The van der Waals surface area contributed by atoms with E-state index in [2.05, 4.69) is 15.5 Å². The van der Waals surface area contributed by atoms with Crippen molar-refractivity contribution in [1.29, 1.82) is 0 Å². The molecule has 3 N–H and O–H groups in total. The van der Waals surface area contributed by atoms with Crippen molar-refractivity contribution in [2.24, 2.45) is 11.3 Å². The molecule has 2 heterocycles. The van der Waals surface area contributed by atoms with Gasteiger partial charge in [0.2, 0.25) is 11.8 Å². The molecule has 2 saturated heterocycles. The molecule has 32 heavy (non-hydrogen) atoms. The summed E-state index contributed by atoms with van der Waals surface area (Å²) < 4.78 is 0. The number of hydrogen-bond donors (Lipinski definition) is 3. The van der Waals surface area contributed by atoms with Crippen molar-refractivity contribution in [2.75, 3.05) is 45.8 Å². The number of carbonyl (C=O) groups excluding carboxylic acids is 2. The van der Waals surface area contributed by atoms with E-state index in [-0.39, 0.29) is 17.7 Å². The summed E-state index contributed by atoms with van der Waals surface area (Å²) in [4.78, 5) is 30.0. The zero-order valence-corrected chi connectivity index (χ0v) is 20.4. The largest absolute Gasteiger partial charge is 0.384 e. The van der Waals surface area contributed by atoms with Gasteiger partial charge in [-0.05, 0) is 30.0 Å². The Morgan fingerprint density at radius 3 is 2.34 bits per heavy atom. The van der Waals surface area contributed by atoms with Crippen LogP contribution in [-0.2, 0) is 15.2 Å². The second-order valence-corrected chi connectivity index (χ2v) is 10.5. The molecule has 2 fully saturated rings. The molecule has 178 valence electrons. The molecule has 0 spiro atoms. The summed E-state index contributed by atoms with van der Waals surface area (Å²) in [6.45, 7) is 12.4. The number of benzene rings is 1. The first-order valence-electron chi connectivity index (χ1n) is 11.5. The fourth-order valence-electron chi connectivity index (χ4n) is 4.77. The Labute approximate surface area is 196 Å². The standard InChI is InChI=1S/C24H37ClN4O3/c1-17(2)21(27-20(30)15-28-13-10-26-11-14-28)22(31)29-12-9-24(32,23(3,4)16-29)18-5-7-19(25)8-6-18/h5-8,17,21,26,32H,9-16H2,1-4H3,(H,27,30)/t21-,24+/m1/s1. The fourth-order valence-corrected chi connectivity index (χ4v) is 4.90. The lowest BCUT2D eigenvalue weighted by Crippen LogP contribution is -2.61. The normalized spacial score (nSPS) is 24.9. The summed E-state index contributed by atoms with van der Waals surface area (Å²) in [7, 11) is 0. The van der Waals surface area contributed by atoms with Gasteiger partial charge in [-0.25, -0.2) is 0 Å². The Hall–Kier alpha value is -1.67. The Balaban J connectivity index is 1.67. The van der Waals surface area contributed by atoms with Gasteiger partial charge in [-0.1, -0.05) is 51.4 Å². The molecule has 0 bridgehead atoms. The van der Waals surface area contributed by atoms with Gasteiger partial charge in [0.05, 0.1) is 12.1 Å². The van der Waals surface area contributed by atoms with E-state index in [1.807, 2.05) is 39.8 Å². The van der Waals surface area contributed by atoms with Gasteiger partial charge in [0.15, 0.2) is 0 Å². The van der Waals surface area contributed by atoms with Gasteiger partial charge in [-0.2, -0.15) is 0 Å². The van der Waals surface area contributed by atoms with E-state index in [4.69, 9.17) is 11.6 Å². The lowest BCUT2D eigenvalue weighted by atomic mass is 9.66. The summed E-state index contributed by atoms with van der Waals surface area (Å²) in [5, 5.41) is 18.5. The Morgan fingerprint density at radius 2 is 1.78 bits per heavy atom. The average Bonchev–Trinajstić information content (AvgIpc) is 2.74. The molecule has 1 aromatic rings. The molecule has 7 nitrogen and oxygen atoms in total. The molecule has 0 aromatic heterocycles. The van der Waals surface area contributed by atoms with Gasteiger partial charge in [0.1, 0.15) is 6.04 Å². The maximum atomic E-state index is 13.4. The third kappa shape index (κ3) is 5.45. The van der Waals surface area contributed by atoms with Crippen molar-refractivity contribution in [3.8, 4) is 0 Å². The molecule has 0 unspecified atom stereocenters. The third-order valence-corrected chi connectivity index (χ3v) is 7.16. The SMILES string of the molecule is CC(C)[C@@H](NC(=O)CN1CCNCC1)C(=O)N1CC[C@](O)(c2ccc(Cl)cc2)C(C)(C)C1. The maximum Gasteiger partial charge on any atom is 0.245 e. The van der Waals surface area contributed by atoms with E-state index in [9.17, 15) is 14.7 Å². The van der Waals surface area contributed by atoms with Crippen LogP contribution in [0.15, 0.2) is 24.3 Å². The zero-order valence-electron chi connectivity index (χ0n) is 19.7. The van der Waals surface area contributed by atoms with Crippen molar-refractivity contribution >= 4 is 23.4 Å². The number of nitrogens with zero attached hydrogens (tertiary/aromatic N) is 2. The molecular weight excluding hydrogens is 428 g/mol. The minimum Gasteiger partial charge on any atom is -0.384 e. The van der Waals surface area contributed by atoms with Crippen LogP contribution in [0.25, 0.3) is 0 Å². The number of piperazine rings is 1. The van der Waals surface area contributed by atoms with Crippen LogP contribution >= 0.6 is 11.6 Å². The molecule has 2 atom stereocenters. The lowest BCUT2D eigenvalue weighted by Gasteiger charge is -2.51. The minimum atomic E-state index is -1.06. The highest BCUT2D eigenvalue weighted by Gasteiger charge is 2.50. The van der Waals surface area contributed by atoms with E-state index in [0.29, 0.717) is 31.1 Å². The van der Waals surface area contributed by atoms with Gasteiger partial charge >= 0.3 is 0 Å². The summed E-state index contributed by atoms with van der Waals surface area (Å²) in [5.41, 5.74) is -0.822. The molecule has 0 aliphatic carbocycles. The average molecular weight is 465 g/mol. The number of piperidine rings is 1. The number of aliphatic hydroxyl groups is 1. The predicted molar refractivity (Wildman–Crippen MR) is 126 cm³/mol. The van der Waals surface area contributed by atoms with Crippen LogP contribution in [0.4, 0.5) is 0 Å². The molecule has 0 saturated carbocycles. The van der Waals surface area contributed by atoms with Gasteiger partial charge in [0.25, 0.3) is 0 Å². The molecule has 2 aliphatic rings. The Kier molecular flexibility index (Phi) is 7.86. The molecular formula is C24H37ClN4O3. The molecule has 2 amide bonds. The number of likely N-dealkylation sites (tertiary alicyclic amines) is 1. The first kappa shape index (κ1) is 25.0. The number of carbonyl (C=O) groups is 2. The van der Waals surface area contributed by atoms with Crippen molar-refractivity contribution in [1.82, 2.24) is 20.4 Å². The van der Waals surface area contributed by atoms with Gasteiger partial charge in [-0.15, -0.1) is 0 Å². The van der Waals surface area contributed by atoms with E-state index in [1.165, 1.54) is 0 Å². The predicted octanol–water partition coefficient (Wildman–Crippen LogP) is 1.83. The lowest BCUT2D eigenvalue weighted by molar-refractivity contribution is -0.156. The smallest absolute Gasteiger partial charge is 0.245 e. The molecule has 2 aliphatic heterocycles. The molecule has 8 heteroatoms. The fraction of sp³-hybridized carbons (Fsp3) is 0.667. The third-order valence-electron chi connectivity index (χ3n) is 6.91. The highest BCUT2D eigenvalue weighted by molar-refractivity contribution is 6.30. The molecule has 0 radical (unpaired) electrons. The summed E-state index contributed by atoms with van der Waals surface area (Å²) in [5.74, 6) is -0.234. The van der Waals surface area contributed by atoms with Crippen LogP contribution in [0.2, 0.25) is 5.02 Å². The minimum absolute atomic E-state index is 0.0327. The number of hydrogen-bond acceptors (Lipinski definition) is 5. The zero-order chi connectivity index (χ0) is 23.5. The first-order valence-corrected chi connectivity index (χ1v) is 11.9. The monoisotopic (exact) mass is 464 g/mol. The van der Waals surface area contributed by atoms with E-state index < -0.39 is 17.1 Å². The Morgan fingerprint density at radius 1 is 1.16 bits per heavy atom. The topological polar surface area (TPSA) is 84.9 Å². The summed E-state index contributed by atoms with van der Waals surface area (Å²) in [6, 6.07) is 6.70. The van der Waals surface area contributed by atoms with Crippen LogP contribution in [0, 0.1) is 11.3 Å². The van der Waals surface area contributed by atoms with Crippen molar-refractivity contribution < 1.29 is 14.7 Å². The number of halogens is 1. The van der Waals surface area contributed by atoms with Crippen LogP contribution < -0.4 is 10.6 Å². The van der Waals surface area contributed by atoms with Crippen molar-refractivity contribution in [3.63, 3.8) is 0 Å². The van der Waals surface area contributed by atoms with Crippen molar-refractivity contribution in [3.05, 3.63) is 34.9 Å². The quantitative estimate of drug-likeness (QED) is 0.598. The van der Waals surface area contributed by atoms with Gasteiger partial charge in [0, 0.05) is 49.7 Å². The highest BCUT2D eigenvalue weighted by Crippen LogP contribution is 2.46. The van der Waals surface area contributed by atoms with Gasteiger partial charge in [-0.3, -0.25) is 14.5 Å². The second kappa shape index (κ2) is 10.1.